The van der Waals surface area contributed by atoms with Gasteiger partial charge in [0.15, 0.2) is 0 Å². The van der Waals surface area contributed by atoms with Gasteiger partial charge in [-0.05, 0) is 43.1 Å². The molecule has 1 aromatic carbocycles. The van der Waals surface area contributed by atoms with E-state index in [-0.39, 0.29) is 0 Å². The summed E-state index contributed by atoms with van der Waals surface area (Å²) in [7, 11) is 2.18. The lowest BCUT2D eigenvalue weighted by Gasteiger charge is -2.32. The van der Waals surface area contributed by atoms with Crippen molar-refractivity contribution < 1.29 is 0 Å². The van der Waals surface area contributed by atoms with Crippen LogP contribution >= 0.6 is 0 Å². The summed E-state index contributed by atoms with van der Waals surface area (Å²) >= 11 is 0. The number of rotatable bonds is 5. The fourth-order valence-corrected chi connectivity index (χ4v) is 3.17. The Morgan fingerprint density at radius 2 is 2.05 bits per heavy atom. The maximum Gasteiger partial charge on any atom is 0.0470 e. The lowest BCUT2D eigenvalue weighted by Crippen LogP contribution is -2.34. The smallest absolute Gasteiger partial charge is 0.0470 e. The molecule has 0 saturated heterocycles. The standard InChI is InChI=1S/C16H27N3/c1-4-19(5-2)16(12-17)14-8-9-15-13(11-14)7-6-10-18(15)3/h8-9,11,16H,4-7,10,12,17H2,1-3H3. The average molecular weight is 261 g/mol. The van der Waals surface area contributed by atoms with Gasteiger partial charge in [0, 0.05) is 31.9 Å². The summed E-state index contributed by atoms with van der Waals surface area (Å²) in [4.78, 5) is 4.80. The number of anilines is 1. The second-order valence-electron chi connectivity index (χ2n) is 5.39. The minimum absolute atomic E-state index is 0.354. The highest BCUT2D eigenvalue weighted by atomic mass is 15.2. The normalized spacial score (nSPS) is 16.6. The molecule has 2 N–H and O–H groups in total. The van der Waals surface area contributed by atoms with E-state index in [0.717, 1.165) is 13.1 Å². The molecule has 0 spiro atoms. The van der Waals surface area contributed by atoms with E-state index in [1.807, 2.05) is 0 Å². The maximum absolute atomic E-state index is 6.01. The van der Waals surface area contributed by atoms with Crippen molar-refractivity contribution in [2.45, 2.75) is 32.7 Å². The molecule has 0 aliphatic carbocycles. The molecular formula is C16H27N3. The van der Waals surface area contributed by atoms with Crippen LogP contribution in [-0.4, -0.2) is 38.1 Å². The highest BCUT2D eigenvalue weighted by Crippen LogP contribution is 2.30. The average Bonchev–Trinajstić information content (AvgIpc) is 2.44. The lowest BCUT2D eigenvalue weighted by molar-refractivity contribution is 0.224. The van der Waals surface area contributed by atoms with Crippen LogP contribution in [0.4, 0.5) is 5.69 Å². The summed E-state index contributed by atoms with van der Waals surface area (Å²) in [5, 5.41) is 0. The molecular weight excluding hydrogens is 234 g/mol. The Morgan fingerprint density at radius 3 is 2.68 bits per heavy atom. The first kappa shape index (κ1) is 14.4. The molecule has 0 fully saturated rings. The maximum atomic E-state index is 6.01. The van der Waals surface area contributed by atoms with Crippen LogP contribution < -0.4 is 10.6 Å². The fraction of sp³-hybridized carbons (Fsp3) is 0.625. The molecule has 2 rings (SSSR count). The van der Waals surface area contributed by atoms with Crippen LogP contribution in [0, 0.1) is 0 Å². The quantitative estimate of drug-likeness (QED) is 0.883. The summed E-state index contributed by atoms with van der Waals surface area (Å²) in [6.07, 6.45) is 2.45. The summed E-state index contributed by atoms with van der Waals surface area (Å²) in [5.74, 6) is 0. The fourth-order valence-electron chi connectivity index (χ4n) is 3.17. The van der Waals surface area contributed by atoms with E-state index in [2.05, 4.69) is 48.9 Å². The first-order valence-corrected chi connectivity index (χ1v) is 7.49. The van der Waals surface area contributed by atoms with Gasteiger partial charge < -0.3 is 10.6 Å². The molecule has 0 aromatic heterocycles. The molecule has 0 bridgehead atoms. The van der Waals surface area contributed by atoms with Gasteiger partial charge in [-0.3, -0.25) is 4.90 Å². The second kappa shape index (κ2) is 6.40. The van der Waals surface area contributed by atoms with E-state index < -0.39 is 0 Å². The molecule has 3 heteroatoms. The molecule has 3 nitrogen and oxygen atoms in total. The van der Waals surface area contributed by atoms with Crippen molar-refractivity contribution in [2.75, 3.05) is 38.1 Å². The third kappa shape index (κ3) is 2.93. The number of hydrogen-bond acceptors (Lipinski definition) is 3. The Labute approximate surface area is 117 Å². The van der Waals surface area contributed by atoms with Gasteiger partial charge in [0.25, 0.3) is 0 Å². The van der Waals surface area contributed by atoms with E-state index in [1.165, 1.54) is 36.2 Å². The largest absolute Gasteiger partial charge is 0.374 e. The molecule has 1 aliphatic rings. The zero-order valence-electron chi connectivity index (χ0n) is 12.5. The minimum atomic E-state index is 0.354. The molecule has 1 heterocycles. The van der Waals surface area contributed by atoms with Gasteiger partial charge >= 0.3 is 0 Å². The van der Waals surface area contributed by atoms with Crippen molar-refractivity contribution in [3.63, 3.8) is 0 Å². The van der Waals surface area contributed by atoms with E-state index in [9.17, 15) is 0 Å². The molecule has 1 unspecified atom stereocenters. The Morgan fingerprint density at radius 1 is 1.32 bits per heavy atom. The lowest BCUT2D eigenvalue weighted by atomic mass is 9.96. The molecule has 1 atom stereocenters. The van der Waals surface area contributed by atoms with Crippen LogP contribution in [-0.2, 0) is 6.42 Å². The number of fused-ring (bicyclic) bond motifs is 1. The van der Waals surface area contributed by atoms with Crippen LogP contribution in [0.25, 0.3) is 0 Å². The SMILES string of the molecule is CCN(CC)C(CN)c1ccc2c(c1)CCCN2C. The van der Waals surface area contributed by atoms with Gasteiger partial charge in [0.05, 0.1) is 0 Å². The molecule has 19 heavy (non-hydrogen) atoms. The predicted octanol–water partition coefficient (Wildman–Crippen LogP) is 2.41. The Bertz CT molecular complexity index is 412. The van der Waals surface area contributed by atoms with Crippen molar-refractivity contribution in [2.24, 2.45) is 5.73 Å². The van der Waals surface area contributed by atoms with Gasteiger partial charge in [-0.25, -0.2) is 0 Å². The van der Waals surface area contributed by atoms with E-state index in [0.29, 0.717) is 12.6 Å². The first-order chi connectivity index (χ1) is 9.21. The van der Waals surface area contributed by atoms with Crippen molar-refractivity contribution in [1.82, 2.24) is 4.90 Å². The van der Waals surface area contributed by atoms with Crippen LogP contribution in [0.2, 0.25) is 0 Å². The highest BCUT2D eigenvalue weighted by molar-refractivity contribution is 5.56. The molecule has 0 amide bonds. The minimum Gasteiger partial charge on any atom is -0.374 e. The topological polar surface area (TPSA) is 32.5 Å². The third-order valence-corrected chi connectivity index (χ3v) is 4.32. The van der Waals surface area contributed by atoms with E-state index in [4.69, 9.17) is 5.73 Å². The number of benzene rings is 1. The van der Waals surface area contributed by atoms with Crippen LogP contribution in [0.15, 0.2) is 18.2 Å². The first-order valence-electron chi connectivity index (χ1n) is 7.49. The number of nitrogens with two attached hydrogens (primary N) is 1. The van der Waals surface area contributed by atoms with E-state index in [1.54, 1.807) is 0 Å². The van der Waals surface area contributed by atoms with Gasteiger partial charge in [-0.15, -0.1) is 0 Å². The summed E-state index contributed by atoms with van der Waals surface area (Å²) in [6, 6.07) is 7.26. The van der Waals surface area contributed by atoms with Crippen molar-refractivity contribution in [3.05, 3.63) is 29.3 Å². The van der Waals surface area contributed by atoms with Crippen LogP contribution in [0.1, 0.15) is 37.4 Å². The monoisotopic (exact) mass is 261 g/mol. The Balaban J connectivity index is 2.29. The zero-order chi connectivity index (χ0) is 13.8. The van der Waals surface area contributed by atoms with Crippen LogP contribution in [0.3, 0.4) is 0 Å². The summed E-state index contributed by atoms with van der Waals surface area (Å²) in [6.45, 7) is 8.38. The highest BCUT2D eigenvalue weighted by Gasteiger charge is 2.19. The predicted molar refractivity (Wildman–Crippen MR) is 82.7 cm³/mol. The third-order valence-electron chi connectivity index (χ3n) is 4.32. The second-order valence-corrected chi connectivity index (χ2v) is 5.39. The van der Waals surface area contributed by atoms with Crippen molar-refractivity contribution in [3.8, 4) is 0 Å². The van der Waals surface area contributed by atoms with Gasteiger partial charge in [-0.1, -0.05) is 26.0 Å². The Hall–Kier alpha value is -1.06. The van der Waals surface area contributed by atoms with E-state index >= 15 is 0 Å². The zero-order valence-corrected chi connectivity index (χ0v) is 12.5. The van der Waals surface area contributed by atoms with Crippen molar-refractivity contribution in [1.29, 1.82) is 0 Å². The number of nitrogens with zero attached hydrogens (tertiary/aromatic N) is 2. The molecule has 106 valence electrons. The van der Waals surface area contributed by atoms with Gasteiger partial charge in [0.1, 0.15) is 0 Å². The number of hydrogen-bond donors (Lipinski definition) is 1. The Kier molecular flexibility index (Phi) is 4.83. The number of aryl methyl sites for hydroxylation is 1. The van der Waals surface area contributed by atoms with Gasteiger partial charge in [0.2, 0.25) is 0 Å². The molecule has 1 aliphatic heterocycles. The van der Waals surface area contributed by atoms with Crippen LogP contribution in [0.5, 0.6) is 0 Å². The molecule has 0 saturated carbocycles. The summed E-state index contributed by atoms with van der Waals surface area (Å²) in [5.41, 5.74) is 10.3. The van der Waals surface area contributed by atoms with Crippen molar-refractivity contribution >= 4 is 5.69 Å². The number of likely N-dealkylation sites (N-methyl/N-ethyl adjacent to an activating group) is 1. The summed E-state index contributed by atoms with van der Waals surface area (Å²) < 4.78 is 0. The molecule has 0 radical (unpaired) electrons. The van der Waals surface area contributed by atoms with Gasteiger partial charge in [-0.2, -0.15) is 0 Å². The molecule has 1 aromatic rings.